The van der Waals surface area contributed by atoms with Crippen molar-refractivity contribution in [3.05, 3.63) is 23.3 Å². The van der Waals surface area contributed by atoms with Crippen molar-refractivity contribution in [1.82, 2.24) is 4.90 Å². The van der Waals surface area contributed by atoms with Gasteiger partial charge in [-0.15, -0.1) is 0 Å². The van der Waals surface area contributed by atoms with E-state index in [-0.39, 0.29) is 0 Å². The Balaban J connectivity index is 1.95. The van der Waals surface area contributed by atoms with Gasteiger partial charge in [0.25, 0.3) is 0 Å². The van der Waals surface area contributed by atoms with Crippen LogP contribution in [0.4, 0.5) is 5.69 Å². The van der Waals surface area contributed by atoms with Gasteiger partial charge in [0.05, 0.1) is 7.11 Å². The highest BCUT2D eigenvalue weighted by atomic mass is 16.5. The Morgan fingerprint density at radius 3 is 2.60 bits per heavy atom. The van der Waals surface area contributed by atoms with Crippen molar-refractivity contribution in [2.24, 2.45) is 5.73 Å². The van der Waals surface area contributed by atoms with E-state index in [1.54, 1.807) is 7.11 Å². The number of fused-ring (bicyclic) bond motifs is 1. The molecule has 1 fully saturated rings. The van der Waals surface area contributed by atoms with Gasteiger partial charge in [0.2, 0.25) is 0 Å². The SMILES string of the molecule is COc1ccc(N2CCN(C)CC2)c2c1CCC(N)C2. The third kappa shape index (κ3) is 2.50. The molecule has 1 saturated heterocycles. The molecule has 0 saturated carbocycles. The maximum absolute atomic E-state index is 6.19. The van der Waals surface area contributed by atoms with Gasteiger partial charge in [-0.3, -0.25) is 0 Å². The molecular formula is C16H25N3O. The second kappa shape index (κ2) is 5.62. The second-order valence-electron chi connectivity index (χ2n) is 6.04. The average molecular weight is 275 g/mol. The van der Waals surface area contributed by atoms with Crippen molar-refractivity contribution in [2.45, 2.75) is 25.3 Å². The summed E-state index contributed by atoms with van der Waals surface area (Å²) in [5.74, 6) is 1.03. The Morgan fingerprint density at radius 2 is 1.90 bits per heavy atom. The number of ether oxygens (including phenoxy) is 1. The molecular weight excluding hydrogens is 250 g/mol. The summed E-state index contributed by atoms with van der Waals surface area (Å²) in [6.45, 7) is 4.47. The molecule has 2 aliphatic rings. The fourth-order valence-corrected chi connectivity index (χ4v) is 3.39. The van der Waals surface area contributed by atoms with Gasteiger partial charge >= 0.3 is 0 Å². The molecule has 0 amide bonds. The van der Waals surface area contributed by atoms with E-state index in [9.17, 15) is 0 Å². The standard InChI is InChI=1S/C16H25N3O/c1-18-7-9-19(10-8-18)15-5-6-16(20-2)13-4-3-12(17)11-14(13)15/h5-6,12H,3-4,7-11,17H2,1-2H3. The number of hydrogen-bond donors (Lipinski definition) is 1. The van der Waals surface area contributed by atoms with Crippen LogP contribution in [-0.4, -0.2) is 51.3 Å². The maximum atomic E-state index is 6.19. The van der Waals surface area contributed by atoms with Gasteiger partial charge in [0.15, 0.2) is 0 Å². The first-order valence-electron chi connectivity index (χ1n) is 7.57. The normalized spacial score (nSPS) is 23.6. The van der Waals surface area contributed by atoms with Gasteiger partial charge in [0.1, 0.15) is 5.75 Å². The molecule has 0 spiro atoms. The van der Waals surface area contributed by atoms with Crippen molar-refractivity contribution >= 4 is 5.69 Å². The monoisotopic (exact) mass is 275 g/mol. The van der Waals surface area contributed by atoms with Crippen LogP contribution in [-0.2, 0) is 12.8 Å². The zero-order valence-corrected chi connectivity index (χ0v) is 12.6. The molecule has 1 heterocycles. The number of anilines is 1. The summed E-state index contributed by atoms with van der Waals surface area (Å²) >= 11 is 0. The fraction of sp³-hybridized carbons (Fsp3) is 0.625. The van der Waals surface area contributed by atoms with E-state index in [4.69, 9.17) is 10.5 Å². The summed E-state index contributed by atoms with van der Waals surface area (Å²) in [5, 5.41) is 0. The van der Waals surface area contributed by atoms with Gasteiger partial charge in [-0.05, 0) is 49.6 Å². The van der Waals surface area contributed by atoms with E-state index >= 15 is 0 Å². The molecule has 1 aliphatic heterocycles. The Kier molecular flexibility index (Phi) is 3.85. The topological polar surface area (TPSA) is 41.7 Å². The van der Waals surface area contributed by atoms with Crippen LogP contribution >= 0.6 is 0 Å². The predicted octanol–water partition coefficient (Wildman–Crippen LogP) is 1.26. The summed E-state index contributed by atoms with van der Waals surface area (Å²) in [5.41, 5.74) is 10.4. The van der Waals surface area contributed by atoms with E-state index in [0.717, 1.165) is 51.2 Å². The zero-order valence-electron chi connectivity index (χ0n) is 12.6. The molecule has 4 nitrogen and oxygen atoms in total. The zero-order chi connectivity index (χ0) is 14.1. The molecule has 3 rings (SSSR count). The number of nitrogens with zero attached hydrogens (tertiary/aromatic N) is 2. The van der Waals surface area contributed by atoms with Crippen LogP contribution in [0.25, 0.3) is 0 Å². The average Bonchev–Trinajstić information content (AvgIpc) is 2.47. The molecule has 0 bridgehead atoms. The smallest absolute Gasteiger partial charge is 0.122 e. The lowest BCUT2D eigenvalue weighted by Crippen LogP contribution is -2.45. The van der Waals surface area contributed by atoms with Crippen LogP contribution in [0, 0.1) is 0 Å². The molecule has 2 N–H and O–H groups in total. The first-order valence-corrected chi connectivity index (χ1v) is 7.57. The molecule has 0 aromatic heterocycles. The number of piperazine rings is 1. The number of likely N-dealkylation sites (N-methyl/N-ethyl adjacent to an activating group) is 1. The highest BCUT2D eigenvalue weighted by Crippen LogP contribution is 2.36. The quantitative estimate of drug-likeness (QED) is 0.882. The number of benzene rings is 1. The van der Waals surface area contributed by atoms with Crippen LogP contribution in [0.3, 0.4) is 0 Å². The van der Waals surface area contributed by atoms with Gasteiger partial charge in [-0.2, -0.15) is 0 Å². The van der Waals surface area contributed by atoms with Gasteiger partial charge in [-0.1, -0.05) is 0 Å². The molecule has 1 aromatic carbocycles. The van der Waals surface area contributed by atoms with Crippen molar-refractivity contribution in [3.63, 3.8) is 0 Å². The van der Waals surface area contributed by atoms with Crippen molar-refractivity contribution in [1.29, 1.82) is 0 Å². The number of methoxy groups -OCH3 is 1. The van der Waals surface area contributed by atoms with E-state index in [1.165, 1.54) is 16.8 Å². The van der Waals surface area contributed by atoms with Crippen molar-refractivity contribution < 1.29 is 4.74 Å². The molecule has 0 radical (unpaired) electrons. The van der Waals surface area contributed by atoms with Crippen LogP contribution in [0.15, 0.2) is 12.1 Å². The number of nitrogens with two attached hydrogens (primary N) is 1. The van der Waals surface area contributed by atoms with Crippen LogP contribution in [0.1, 0.15) is 17.5 Å². The minimum atomic E-state index is 0.292. The number of hydrogen-bond acceptors (Lipinski definition) is 4. The Hall–Kier alpha value is -1.26. The molecule has 1 aliphatic carbocycles. The van der Waals surface area contributed by atoms with Gasteiger partial charge < -0.3 is 20.3 Å². The largest absolute Gasteiger partial charge is 0.496 e. The fourth-order valence-electron chi connectivity index (χ4n) is 3.39. The third-order valence-electron chi connectivity index (χ3n) is 4.66. The summed E-state index contributed by atoms with van der Waals surface area (Å²) in [6.07, 6.45) is 3.09. The van der Waals surface area contributed by atoms with E-state index in [2.05, 4.69) is 29.0 Å². The molecule has 1 unspecified atom stereocenters. The van der Waals surface area contributed by atoms with Crippen LogP contribution in [0.2, 0.25) is 0 Å². The third-order valence-corrected chi connectivity index (χ3v) is 4.66. The minimum Gasteiger partial charge on any atom is -0.496 e. The lowest BCUT2D eigenvalue weighted by atomic mass is 9.86. The predicted molar refractivity (Wildman–Crippen MR) is 82.7 cm³/mol. The van der Waals surface area contributed by atoms with E-state index < -0.39 is 0 Å². The summed E-state index contributed by atoms with van der Waals surface area (Å²) in [4.78, 5) is 4.90. The molecule has 4 heteroatoms. The van der Waals surface area contributed by atoms with Crippen molar-refractivity contribution in [3.8, 4) is 5.75 Å². The summed E-state index contributed by atoms with van der Waals surface area (Å²) in [6, 6.07) is 4.64. The second-order valence-corrected chi connectivity index (χ2v) is 6.04. The lowest BCUT2D eigenvalue weighted by Gasteiger charge is -2.37. The Bertz CT molecular complexity index is 481. The van der Waals surface area contributed by atoms with Crippen molar-refractivity contribution in [2.75, 3.05) is 45.2 Å². The minimum absolute atomic E-state index is 0.292. The molecule has 1 aromatic rings. The van der Waals surface area contributed by atoms with Crippen LogP contribution in [0.5, 0.6) is 5.75 Å². The van der Waals surface area contributed by atoms with Crippen LogP contribution < -0.4 is 15.4 Å². The first-order chi connectivity index (χ1) is 9.69. The number of rotatable bonds is 2. The molecule has 1 atom stereocenters. The highest BCUT2D eigenvalue weighted by Gasteiger charge is 2.25. The summed E-state index contributed by atoms with van der Waals surface area (Å²) in [7, 11) is 3.95. The highest BCUT2D eigenvalue weighted by molar-refractivity contribution is 5.62. The Labute approximate surface area is 121 Å². The maximum Gasteiger partial charge on any atom is 0.122 e. The first kappa shape index (κ1) is 13.7. The molecule has 20 heavy (non-hydrogen) atoms. The molecule has 110 valence electrons. The lowest BCUT2D eigenvalue weighted by molar-refractivity contribution is 0.312. The van der Waals surface area contributed by atoms with E-state index in [0.29, 0.717) is 6.04 Å². The summed E-state index contributed by atoms with van der Waals surface area (Å²) < 4.78 is 5.54. The van der Waals surface area contributed by atoms with Gasteiger partial charge in [0, 0.05) is 37.9 Å². The van der Waals surface area contributed by atoms with E-state index in [1.807, 2.05) is 0 Å². The van der Waals surface area contributed by atoms with Gasteiger partial charge in [-0.25, -0.2) is 0 Å². The Morgan fingerprint density at radius 1 is 1.15 bits per heavy atom.